The number of aryl methyl sites for hydroxylation is 1. The Morgan fingerprint density at radius 1 is 1.28 bits per heavy atom. The summed E-state index contributed by atoms with van der Waals surface area (Å²) < 4.78 is 5.45. The molecule has 102 valence electrons. The molecule has 1 aromatic rings. The van der Waals surface area contributed by atoms with Gasteiger partial charge in [-0.05, 0) is 37.4 Å². The van der Waals surface area contributed by atoms with E-state index in [2.05, 4.69) is 51.2 Å². The summed E-state index contributed by atoms with van der Waals surface area (Å²) in [6, 6.07) is 6.98. The minimum atomic E-state index is 0.554. The fourth-order valence-electron chi connectivity index (χ4n) is 2.14. The monoisotopic (exact) mass is 249 g/mol. The van der Waals surface area contributed by atoms with Crippen LogP contribution in [0.4, 0.5) is 0 Å². The summed E-state index contributed by atoms with van der Waals surface area (Å²) >= 11 is 0. The van der Waals surface area contributed by atoms with Crippen molar-refractivity contribution in [1.29, 1.82) is 0 Å². The maximum atomic E-state index is 5.45. The van der Waals surface area contributed by atoms with Crippen molar-refractivity contribution in [1.82, 2.24) is 5.32 Å². The average Bonchev–Trinajstić information content (AvgIpc) is 2.34. The molecule has 2 heteroatoms. The molecule has 0 fully saturated rings. The predicted octanol–water partition coefficient (Wildman–Crippen LogP) is 3.57. The standard InChI is InChI=1S/C16H27NO/c1-6-14(11-17-12(2)3)10-15-9-13(4)7-8-16(15)18-5/h7-9,12,14,17H,6,10-11H2,1-5H3. The molecule has 0 amide bonds. The average molecular weight is 249 g/mol. The van der Waals surface area contributed by atoms with Gasteiger partial charge in [-0.15, -0.1) is 0 Å². The van der Waals surface area contributed by atoms with Gasteiger partial charge in [0.2, 0.25) is 0 Å². The lowest BCUT2D eigenvalue weighted by atomic mass is 9.95. The number of ether oxygens (including phenoxy) is 1. The second-order valence-corrected chi connectivity index (χ2v) is 5.36. The maximum absolute atomic E-state index is 5.45. The van der Waals surface area contributed by atoms with E-state index in [0.29, 0.717) is 12.0 Å². The van der Waals surface area contributed by atoms with E-state index in [4.69, 9.17) is 4.74 Å². The minimum Gasteiger partial charge on any atom is -0.496 e. The van der Waals surface area contributed by atoms with E-state index in [1.54, 1.807) is 7.11 Å². The van der Waals surface area contributed by atoms with Gasteiger partial charge >= 0.3 is 0 Å². The third-order valence-corrected chi connectivity index (χ3v) is 3.34. The molecule has 2 nitrogen and oxygen atoms in total. The first-order valence-corrected chi connectivity index (χ1v) is 6.93. The Balaban J connectivity index is 2.71. The predicted molar refractivity (Wildman–Crippen MR) is 78.4 cm³/mol. The molecule has 0 aliphatic rings. The van der Waals surface area contributed by atoms with Crippen molar-refractivity contribution in [2.75, 3.05) is 13.7 Å². The zero-order chi connectivity index (χ0) is 13.5. The summed E-state index contributed by atoms with van der Waals surface area (Å²) in [7, 11) is 1.75. The molecule has 0 spiro atoms. The number of hydrogen-bond donors (Lipinski definition) is 1. The lowest BCUT2D eigenvalue weighted by molar-refractivity contribution is 0.395. The first-order valence-electron chi connectivity index (χ1n) is 6.93. The van der Waals surface area contributed by atoms with E-state index in [0.717, 1.165) is 18.7 Å². The first kappa shape index (κ1) is 15.0. The van der Waals surface area contributed by atoms with Crippen molar-refractivity contribution < 1.29 is 4.74 Å². The summed E-state index contributed by atoms with van der Waals surface area (Å²) in [4.78, 5) is 0. The summed E-state index contributed by atoms with van der Waals surface area (Å²) in [6.07, 6.45) is 2.28. The molecule has 0 aromatic heterocycles. The van der Waals surface area contributed by atoms with Crippen molar-refractivity contribution in [3.63, 3.8) is 0 Å². The highest BCUT2D eigenvalue weighted by molar-refractivity contribution is 5.37. The zero-order valence-corrected chi connectivity index (χ0v) is 12.4. The van der Waals surface area contributed by atoms with Crippen molar-refractivity contribution >= 4 is 0 Å². The van der Waals surface area contributed by atoms with Crippen LogP contribution in [0.15, 0.2) is 18.2 Å². The Bertz CT molecular complexity index is 360. The first-order chi connectivity index (χ1) is 8.56. The maximum Gasteiger partial charge on any atom is 0.122 e. The van der Waals surface area contributed by atoms with Gasteiger partial charge in [-0.25, -0.2) is 0 Å². The Labute approximate surface area is 112 Å². The smallest absolute Gasteiger partial charge is 0.122 e. The SMILES string of the molecule is CCC(CNC(C)C)Cc1cc(C)ccc1OC. The van der Waals surface area contributed by atoms with E-state index in [-0.39, 0.29) is 0 Å². The van der Waals surface area contributed by atoms with Gasteiger partial charge < -0.3 is 10.1 Å². The molecule has 0 saturated carbocycles. The van der Waals surface area contributed by atoms with Crippen LogP contribution in [0.1, 0.15) is 38.3 Å². The molecule has 1 unspecified atom stereocenters. The van der Waals surface area contributed by atoms with E-state index in [1.165, 1.54) is 17.5 Å². The van der Waals surface area contributed by atoms with Crippen molar-refractivity contribution in [2.45, 2.75) is 46.6 Å². The van der Waals surface area contributed by atoms with Gasteiger partial charge in [-0.1, -0.05) is 44.9 Å². The summed E-state index contributed by atoms with van der Waals surface area (Å²) in [5, 5.41) is 3.53. The van der Waals surface area contributed by atoms with Crippen LogP contribution in [0.3, 0.4) is 0 Å². The van der Waals surface area contributed by atoms with Crippen LogP contribution in [0, 0.1) is 12.8 Å². The lowest BCUT2D eigenvalue weighted by Gasteiger charge is -2.19. The molecule has 18 heavy (non-hydrogen) atoms. The number of hydrogen-bond acceptors (Lipinski definition) is 2. The topological polar surface area (TPSA) is 21.3 Å². The highest BCUT2D eigenvalue weighted by atomic mass is 16.5. The zero-order valence-electron chi connectivity index (χ0n) is 12.4. The molecule has 0 saturated heterocycles. The molecule has 1 rings (SSSR count). The molecule has 1 aromatic carbocycles. The number of methoxy groups -OCH3 is 1. The summed E-state index contributed by atoms with van der Waals surface area (Å²) in [6.45, 7) is 9.86. The molecule has 1 atom stereocenters. The molecule has 1 N–H and O–H groups in total. The van der Waals surface area contributed by atoms with Crippen molar-refractivity contribution in [2.24, 2.45) is 5.92 Å². The van der Waals surface area contributed by atoms with Crippen LogP contribution >= 0.6 is 0 Å². The Morgan fingerprint density at radius 3 is 2.56 bits per heavy atom. The highest BCUT2D eigenvalue weighted by Crippen LogP contribution is 2.23. The molecule has 0 radical (unpaired) electrons. The largest absolute Gasteiger partial charge is 0.496 e. The molecular weight excluding hydrogens is 222 g/mol. The van der Waals surface area contributed by atoms with Gasteiger partial charge in [0.15, 0.2) is 0 Å². The van der Waals surface area contributed by atoms with Crippen LogP contribution in [-0.2, 0) is 6.42 Å². The summed E-state index contributed by atoms with van der Waals surface area (Å²) in [5.74, 6) is 1.69. The van der Waals surface area contributed by atoms with E-state index >= 15 is 0 Å². The normalized spacial score (nSPS) is 12.8. The number of benzene rings is 1. The van der Waals surface area contributed by atoms with Crippen LogP contribution in [-0.4, -0.2) is 19.7 Å². The molecule has 0 aliphatic heterocycles. The van der Waals surface area contributed by atoms with Gasteiger partial charge in [-0.2, -0.15) is 0 Å². The third-order valence-electron chi connectivity index (χ3n) is 3.34. The van der Waals surface area contributed by atoms with Gasteiger partial charge in [0.05, 0.1) is 7.11 Å². The Hall–Kier alpha value is -1.02. The van der Waals surface area contributed by atoms with Crippen LogP contribution in [0.5, 0.6) is 5.75 Å². The van der Waals surface area contributed by atoms with Crippen LogP contribution in [0.25, 0.3) is 0 Å². The number of nitrogens with one attached hydrogen (secondary N) is 1. The lowest BCUT2D eigenvalue weighted by Crippen LogP contribution is -2.29. The van der Waals surface area contributed by atoms with Crippen LogP contribution in [0.2, 0.25) is 0 Å². The van der Waals surface area contributed by atoms with Crippen LogP contribution < -0.4 is 10.1 Å². The van der Waals surface area contributed by atoms with Gasteiger partial charge in [-0.3, -0.25) is 0 Å². The minimum absolute atomic E-state index is 0.554. The molecule has 0 heterocycles. The van der Waals surface area contributed by atoms with E-state index in [9.17, 15) is 0 Å². The quantitative estimate of drug-likeness (QED) is 0.797. The van der Waals surface area contributed by atoms with Gasteiger partial charge in [0, 0.05) is 6.04 Å². The molecule has 0 bridgehead atoms. The molecular formula is C16H27NO. The Kier molecular flexibility index (Phi) is 6.20. The summed E-state index contributed by atoms with van der Waals surface area (Å²) in [5.41, 5.74) is 2.63. The second kappa shape index (κ2) is 7.42. The van der Waals surface area contributed by atoms with Gasteiger partial charge in [0.25, 0.3) is 0 Å². The van der Waals surface area contributed by atoms with E-state index in [1.807, 2.05) is 0 Å². The fraction of sp³-hybridized carbons (Fsp3) is 0.625. The molecule has 0 aliphatic carbocycles. The van der Waals surface area contributed by atoms with Gasteiger partial charge in [0.1, 0.15) is 5.75 Å². The highest BCUT2D eigenvalue weighted by Gasteiger charge is 2.11. The fourth-order valence-corrected chi connectivity index (χ4v) is 2.14. The second-order valence-electron chi connectivity index (χ2n) is 5.36. The third kappa shape index (κ3) is 4.69. The van der Waals surface area contributed by atoms with E-state index < -0.39 is 0 Å². The van der Waals surface area contributed by atoms with Crippen molar-refractivity contribution in [3.8, 4) is 5.75 Å². The Morgan fingerprint density at radius 2 is 2.00 bits per heavy atom. The van der Waals surface area contributed by atoms with Crippen molar-refractivity contribution in [3.05, 3.63) is 29.3 Å². The number of rotatable bonds is 7.